The molecule has 8 nitrogen and oxygen atoms in total. The first kappa shape index (κ1) is 23.4. The lowest BCUT2D eigenvalue weighted by atomic mass is 10.1. The van der Waals surface area contributed by atoms with E-state index in [0.717, 1.165) is 22.5 Å². The van der Waals surface area contributed by atoms with Crippen LogP contribution in [0.5, 0.6) is 0 Å². The number of pyridine rings is 1. The summed E-state index contributed by atoms with van der Waals surface area (Å²) < 4.78 is 5.17. The lowest BCUT2D eigenvalue weighted by Gasteiger charge is -2.23. The van der Waals surface area contributed by atoms with Gasteiger partial charge < -0.3 is 20.3 Å². The average Bonchev–Trinajstić information content (AvgIpc) is 3.27. The van der Waals surface area contributed by atoms with Gasteiger partial charge in [0, 0.05) is 30.9 Å². The normalized spacial score (nSPS) is 10.6. The molecule has 0 bridgehead atoms. The molecule has 1 aromatic carbocycles. The van der Waals surface area contributed by atoms with E-state index in [1.165, 1.54) is 11.3 Å². The Balaban J connectivity index is 1.64. The van der Waals surface area contributed by atoms with Gasteiger partial charge in [-0.25, -0.2) is 9.78 Å². The van der Waals surface area contributed by atoms with Crippen molar-refractivity contribution in [3.05, 3.63) is 75.5 Å². The minimum absolute atomic E-state index is 0.240. The number of ether oxygens (including phenoxy) is 1. The molecule has 32 heavy (non-hydrogen) atoms. The Labute approximate surface area is 191 Å². The van der Waals surface area contributed by atoms with Gasteiger partial charge in [-0.05, 0) is 37.1 Å². The number of thiazole rings is 1. The fourth-order valence-corrected chi connectivity index (χ4v) is 3.86. The highest BCUT2D eigenvalue weighted by Gasteiger charge is 2.19. The van der Waals surface area contributed by atoms with E-state index in [1.54, 1.807) is 23.6 Å². The van der Waals surface area contributed by atoms with Gasteiger partial charge in [-0.1, -0.05) is 24.3 Å². The van der Waals surface area contributed by atoms with Gasteiger partial charge in [-0.15, -0.1) is 11.3 Å². The number of aryl methyl sites for hydroxylation is 2. The van der Waals surface area contributed by atoms with Crippen molar-refractivity contribution in [2.75, 3.05) is 25.6 Å². The smallest absolute Gasteiger partial charge is 0.322 e. The maximum absolute atomic E-state index is 13.0. The van der Waals surface area contributed by atoms with Crippen LogP contribution in [-0.4, -0.2) is 47.1 Å². The van der Waals surface area contributed by atoms with E-state index in [4.69, 9.17) is 4.74 Å². The molecule has 0 atom stereocenters. The molecular formula is C23H27N5O3S. The number of carbonyl (C=O) groups is 2. The van der Waals surface area contributed by atoms with Gasteiger partial charge in [0.25, 0.3) is 5.91 Å². The SMILES string of the molecule is COCCN(Cc1nc(C(=O)NCc2ccccn2)cs1)C(=O)Nc1c(C)cccc1C. The summed E-state index contributed by atoms with van der Waals surface area (Å²) in [6.45, 7) is 5.30. The molecule has 3 rings (SSSR count). The van der Waals surface area contributed by atoms with Crippen LogP contribution in [0, 0.1) is 13.8 Å². The zero-order chi connectivity index (χ0) is 22.9. The Morgan fingerprint density at radius 3 is 2.59 bits per heavy atom. The number of rotatable bonds is 9. The molecule has 9 heteroatoms. The van der Waals surface area contributed by atoms with Gasteiger partial charge in [0.05, 0.1) is 25.4 Å². The highest BCUT2D eigenvalue weighted by atomic mass is 32.1. The monoisotopic (exact) mass is 453 g/mol. The number of urea groups is 1. The molecular weight excluding hydrogens is 426 g/mol. The molecule has 0 fully saturated rings. The number of amides is 3. The fourth-order valence-electron chi connectivity index (χ4n) is 3.07. The zero-order valence-corrected chi connectivity index (χ0v) is 19.2. The van der Waals surface area contributed by atoms with Crippen LogP contribution in [0.25, 0.3) is 0 Å². The summed E-state index contributed by atoms with van der Waals surface area (Å²) in [6, 6.07) is 11.2. The molecule has 0 aliphatic rings. The molecule has 0 aliphatic heterocycles. The molecule has 3 aromatic rings. The van der Waals surface area contributed by atoms with Crippen LogP contribution in [-0.2, 0) is 17.8 Å². The minimum Gasteiger partial charge on any atom is -0.383 e. The van der Waals surface area contributed by atoms with E-state index < -0.39 is 0 Å². The number of carbonyl (C=O) groups excluding carboxylic acids is 2. The fraction of sp³-hybridized carbons (Fsp3) is 0.304. The second kappa shape index (κ2) is 11.4. The van der Waals surface area contributed by atoms with Crippen LogP contribution in [0.3, 0.4) is 0 Å². The zero-order valence-electron chi connectivity index (χ0n) is 18.4. The molecule has 0 spiro atoms. The van der Waals surface area contributed by atoms with Crippen molar-refractivity contribution in [3.8, 4) is 0 Å². The number of benzene rings is 1. The second-order valence-electron chi connectivity index (χ2n) is 7.24. The van der Waals surface area contributed by atoms with Gasteiger partial charge in [-0.2, -0.15) is 0 Å². The highest BCUT2D eigenvalue weighted by molar-refractivity contribution is 7.09. The molecule has 3 amide bonds. The van der Waals surface area contributed by atoms with Gasteiger partial charge in [0.2, 0.25) is 0 Å². The van der Waals surface area contributed by atoms with E-state index in [2.05, 4.69) is 20.6 Å². The van der Waals surface area contributed by atoms with E-state index in [0.29, 0.717) is 30.4 Å². The number of methoxy groups -OCH3 is 1. The summed E-state index contributed by atoms with van der Waals surface area (Å²) in [7, 11) is 1.59. The molecule has 0 unspecified atom stereocenters. The first-order chi connectivity index (χ1) is 15.5. The summed E-state index contributed by atoms with van der Waals surface area (Å²) in [6.07, 6.45) is 1.68. The third kappa shape index (κ3) is 6.35. The van der Waals surface area contributed by atoms with Gasteiger partial charge in [-0.3, -0.25) is 9.78 Å². The standard InChI is InChI=1S/C23H27N5O3S/c1-16-7-6-8-17(2)21(16)27-23(30)28(11-12-31-3)14-20-26-19(15-32-20)22(29)25-13-18-9-4-5-10-24-18/h4-10,15H,11-14H2,1-3H3,(H,25,29)(H,27,30). The topological polar surface area (TPSA) is 96.4 Å². The number of nitrogens with one attached hydrogen (secondary N) is 2. The van der Waals surface area contributed by atoms with E-state index in [1.807, 2.05) is 50.2 Å². The minimum atomic E-state index is -0.276. The Kier molecular flexibility index (Phi) is 8.29. The predicted octanol–water partition coefficient (Wildman–Crippen LogP) is 3.77. The van der Waals surface area contributed by atoms with Crippen LogP contribution in [0.4, 0.5) is 10.5 Å². The second-order valence-corrected chi connectivity index (χ2v) is 8.18. The third-order valence-electron chi connectivity index (χ3n) is 4.83. The van der Waals surface area contributed by atoms with E-state index >= 15 is 0 Å². The molecule has 0 saturated heterocycles. The Morgan fingerprint density at radius 1 is 1.12 bits per heavy atom. The van der Waals surface area contributed by atoms with Gasteiger partial charge in [0.15, 0.2) is 0 Å². The molecule has 0 aliphatic carbocycles. The van der Waals surface area contributed by atoms with Crippen molar-refractivity contribution in [1.29, 1.82) is 0 Å². The van der Waals surface area contributed by atoms with Gasteiger partial charge in [0.1, 0.15) is 10.7 Å². The van der Waals surface area contributed by atoms with Crippen molar-refractivity contribution in [3.63, 3.8) is 0 Å². The van der Waals surface area contributed by atoms with Crippen molar-refractivity contribution < 1.29 is 14.3 Å². The molecule has 2 N–H and O–H groups in total. The lowest BCUT2D eigenvalue weighted by molar-refractivity contribution is 0.0946. The first-order valence-corrected chi connectivity index (χ1v) is 11.1. The predicted molar refractivity (Wildman–Crippen MR) is 125 cm³/mol. The number of anilines is 1. The number of hydrogen-bond acceptors (Lipinski definition) is 6. The van der Waals surface area contributed by atoms with Crippen molar-refractivity contribution in [2.24, 2.45) is 0 Å². The summed E-state index contributed by atoms with van der Waals surface area (Å²) in [5.74, 6) is -0.276. The van der Waals surface area contributed by atoms with Crippen molar-refractivity contribution in [2.45, 2.75) is 26.9 Å². The lowest BCUT2D eigenvalue weighted by Crippen LogP contribution is -2.37. The summed E-state index contributed by atoms with van der Waals surface area (Å²) in [5, 5.41) is 8.17. The van der Waals surface area contributed by atoms with Crippen molar-refractivity contribution >= 4 is 29.0 Å². The quantitative estimate of drug-likeness (QED) is 0.514. The summed E-state index contributed by atoms with van der Waals surface area (Å²) in [5.41, 5.74) is 3.87. The van der Waals surface area contributed by atoms with Crippen LogP contribution in [0.15, 0.2) is 48.0 Å². The highest BCUT2D eigenvalue weighted by Crippen LogP contribution is 2.21. The Bertz CT molecular complexity index is 1030. The third-order valence-corrected chi connectivity index (χ3v) is 5.67. The molecule has 168 valence electrons. The average molecular weight is 454 g/mol. The molecule has 2 heterocycles. The van der Waals surface area contributed by atoms with Crippen LogP contribution in [0.1, 0.15) is 32.3 Å². The Morgan fingerprint density at radius 2 is 1.91 bits per heavy atom. The molecule has 2 aromatic heterocycles. The van der Waals surface area contributed by atoms with Gasteiger partial charge >= 0.3 is 6.03 Å². The first-order valence-electron chi connectivity index (χ1n) is 10.2. The van der Waals surface area contributed by atoms with Crippen LogP contribution >= 0.6 is 11.3 Å². The maximum atomic E-state index is 13.0. The Hall–Kier alpha value is -3.30. The summed E-state index contributed by atoms with van der Waals surface area (Å²) in [4.78, 5) is 35.6. The largest absolute Gasteiger partial charge is 0.383 e. The number of para-hydroxylation sites is 1. The van der Waals surface area contributed by atoms with E-state index in [9.17, 15) is 9.59 Å². The number of nitrogens with zero attached hydrogens (tertiary/aromatic N) is 3. The van der Waals surface area contributed by atoms with Crippen LogP contribution in [0.2, 0.25) is 0 Å². The maximum Gasteiger partial charge on any atom is 0.322 e. The number of hydrogen-bond donors (Lipinski definition) is 2. The molecule has 0 saturated carbocycles. The molecule has 0 radical (unpaired) electrons. The van der Waals surface area contributed by atoms with Crippen molar-refractivity contribution in [1.82, 2.24) is 20.2 Å². The van der Waals surface area contributed by atoms with Crippen LogP contribution < -0.4 is 10.6 Å². The van der Waals surface area contributed by atoms with E-state index in [-0.39, 0.29) is 18.5 Å². The number of aromatic nitrogens is 2. The summed E-state index contributed by atoms with van der Waals surface area (Å²) >= 11 is 1.34.